The normalized spacial score (nSPS) is 14.9. The lowest BCUT2D eigenvalue weighted by atomic mass is 10.2. The Balaban J connectivity index is 1.75. The first-order valence-corrected chi connectivity index (χ1v) is 10.4. The quantitative estimate of drug-likeness (QED) is 0.584. The molecule has 0 bridgehead atoms. The van der Waals surface area contributed by atoms with Crippen molar-refractivity contribution in [1.82, 2.24) is 14.5 Å². The van der Waals surface area contributed by atoms with Crippen LogP contribution in [0.15, 0.2) is 53.3 Å². The molecule has 0 atom stereocenters. The third kappa shape index (κ3) is 4.78. The van der Waals surface area contributed by atoms with Crippen LogP contribution >= 0.6 is 0 Å². The molecule has 1 aromatic heterocycles. The van der Waals surface area contributed by atoms with Gasteiger partial charge in [-0.2, -0.15) is 0 Å². The van der Waals surface area contributed by atoms with Crippen LogP contribution in [-0.4, -0.2) is 55.0 Å². The Morgan fingerprint density at radius 2 is 1.77 bits per heavy atom. The maximum atomic E-state index is 13.5. The minimum atomic E-state index is -0.0908. The molecular weight excluding hydrogens is 394 g/mol. The fourth-order valence-electron chi connectivity index (χ4n) is 3.72. The molecule has 0 saturated carbocycles. The number of allylic oxidation sites excluding steroid dienone is 1. The van der Waals surface area contributed by atoms with E-state index in [0.29, 0.717) is 48.7 Å². The third-order valence-electron chi connectivity index (χ3n) is 5.41. The van der Waals surface area contributed by atoms with Gasteiger partial charge < -0.3 is 14.2 Å². The van der Waals surface area contributed by atoms with Crippen LogP contribution in [-0.2, 0) is 17.8 Å². The molecule has 0 spiro atoms. The van der Waals surface area contributed by atoms with Crippen molar-refractivity contribution in [3.05, 3.63) is 70.3 Å². The van der Waals surface area contributed by atoms with Gasteiger partial charge in [0.05, 0.1) is 44.9 Å². The van der Waals surface area contributed by atoms with Crippen molar-refractivity contribution in [2.75, 3.05) is 40.5 Å². The molecule has 4 rings (SSSR count). The summed E-state index contributed by atoms with van der Waals surface area (Å²) < 4.78 is 18.0. The summed E-state index contributed by atoms with van der Waals surface area (Å²) in [6, 6.07) is 13.5. The van der Waals surface area contributed by atoms with E-state index in [4.69, 9.17) is 19.2 Å². The van der Waals surface area contributed by atoms with Gasteiger partial charge in [-0.15, -0.1) is 0 Å². The smallest absolute Gasteiger partial charge is 0.261 e. The van der Waals surface area contributed by atoms with Gasteiger partial charge in [0, 0.05) is 25.7 Å². The lowest BCUT2D eigenvalue weighted by Gasteiger charge is -2.27. The summed E-state index contributed by atoms with van der Waals surface area (Å²) in [5, 5.41) is 0.511. The standard InChI is InChI=1S/C24H27N3O4/c1-29-21-15-19-20(16-22(21)30-2)25-23(17-26-11-13-31-14-12-26)27(24(19)28)10-6-9-18-7-4-3-5-8-18/h3-9,15-16H,10-14,17H2,1-2H3. The summed E-state index contributed by atoms with van der Waals surface area (Å²) in [7, 11) is 3.14. The van der Waals surface area contributed by atoms with E-state index in [1.165, 1.54) is 0 Å². The molecule has 0 unspecified atom stereocenters. The zero-order valence-electron chi connectivity index (χ0n) is 17.9. The number of aromatic nitrogens is 2. The van der Waals surface area contributed by atoms with Crippen molar-refractivity contribution in [1.29, 1.82) is 0 Å². The van der Waals surface area contributed by atoms with E-state index >= 15 is 0 Å². The van der Waals surface area contributed by atoms with Crippen molar-refractivity contribution < 1.29 is 14.2 Å². The molecule has 0 aliphatic carbocycles. The molecule has 1 aliphatic heterocycles. The molecule has 2 heterocycles. The molecule has 31 heavy (non-hydrogen) atoms. The van der Waals surface area contributed by atoms with Crippen molar-refractivity contribution in [2.45, 2.75) is 13.1 Å². The summed E-state index contributed by atoms with van der Waals surface area (Å²) in [5.74, 6) is 1.80. The molecule has 0 N–H and O–H groups in total. The van der Waals surface area contributed by atoms with Crippen molar-refractivity contribution >= 4 is 17.0 Å². The van der Waals surface area contributed by atoms with Crippen LogP contribution in [0.25, 0.3) is 17.0 Å². The molecule has 1 saturated heterocycles. The highest BCUT2D eigenvalue weighted by Gasteiger charge is 2.18. The van der Waals surface area contributed by atoms with Gasteiger partial charge in [-0.3, -0.25) is 14.3 Å². The molecule has 1 aliphatic rings. The maximum Gasteiger partial charge on any atom is 0.261 e. The summed E-state index contributed by atoms with van der Waals surface area (Å²) in [5.41, 5.74) is 1.60. The largest absolute Gasteiger partial charge is 0.493 e. The van der Waals surface area contributed by atoms with Crippen LogP contribution in [0.3, 0.4) is 0 Å². The number of ether oxygens (including phenoxy) is 3. The van der Waals surface area contributed by atoms with Gasteiger partial charge in [0.1, 0.15) is 5.82 Å². The van der Waals surface area contributed by atoms with Crippen LogP contribution in [0.5, 0.6) is 11.5 Å². The first-order valence-electron chi connectivity index (χ1n) is 10.4. The lowest BCUT2D eigenvalue weighted by molar-refractivity contribution is 0.0325. The zero-order valence-corrected chi connectivity index (χ0v) is 17.9. The first-order chi connectivity index (χ1) is 15.2. The molecular formula is C24H27N3O4. The highest BCUT2D eigenvalue weighted by Crippen LogP contribution is 2.30. The first kappa shape index (κ1) is 21.1. The SMILES string of the molecule is COc1cc2nc(CN3CCOCC3)n(CC=Cc3ccccc3)c(=O)c2cc1OC. The topological polar surface area (TPSA) is 65.8 Å². The van der Waals surface area contributed by atoms with E-state index < -0.39 is 0 Å². The Morgan fingerprint density at radius 1 is 1.06 bits per heavy atom. The zero-order chi connectivity index (χ0) is 21.6. The molecule has 162 valence electrons. The fourth-order valence-corrected chi connectivity index (χ4v) is 3.72. The minimum Gasteiger partial charge on any atom is -0.493 e. The van der Waals surface area contributed by atoms with Gasteiger partial charge in [0.25, 0.3) is 5.56 Å². The minimum absolute atomic E-state index is 0.0908. The van der Waals surface area contributed by atoms with E-state index in [-0.39, 0.29) is 5.56 Å². The highest BCUT2D eigenvalue weighted by atomic mass is 16.5. The predicted octanol–water partition coefficient (Wildman–Crippen LogP) is 2.96. The average molecular weight is 421 g/mol. The number of nitrogens with zero attached hydrogens (tertiary/aromatic N) is 3. The van der Waals surface area contributed by atoms with Gasteiger partial charge in [-0.1, -0.05) is 42.5 Å². The number of fused-ring (bicyclic) bond motifs is 1. The summed E-state index contributed by atoms with van der Waals surface area (Å²) in [4.78, 5) is 20.6. The number of morpholine rings is 1. The molecule has 0 radical (unpaired) electrons. The highest BCUT2D eigenvalue weighted by molar-refractivity contribution is 5.82. The summed E-state index contributed by atoms with van der Waals surface area (Å²) in [6.07, 6.45) is 4.01. The van der Waals surface area contributed by atoms with E-state index in [0.717, 1.165) is 24.5 Å². The van der Waals surface area contributed by atoms with E-state index in [1.54, 1.807) is 30.9 Å². The van der Waals surface area contributed by atoms with Crippen LogP contribution in [0.4, 0.5) is 0 Å². The fraction of sp³-hybridized carbons (Fsp3) is 0.333. The second-order valence-electron chi connectivity index (χ2n) is 7.37. The third-order valence-corrected chi connectivity index (χ3v) is 5.41. The van der Waals surface area contributed by atoms with Gasteiger partial charge in [-0.25, -0.2) is 4.98 Å². The number of hydrogen-bond acceptors (Lipinski definition) is 6. The van der Waals surface area contributed by atoms with Gasteiger partial charge in [0.2, 0.25) is 0 Å². The Kier molecular flexibility index (Phi) is 6.64. The Morgan fingerprint density at radius 3 is 2.48 bits per heavy atom. The second kappa shape index (κ2) is 9.76. The molecule has 3 aromatic rings. The molecule has 2 aromatic carbocycles. The average Bonchev–Trinajstić information content (AvgIpc) is 2.81. The Bertz CT molecular complexity index is 1120. The van der Waals surface area contributed by atoms with Crippen molar-refractivity contribution in [2.24, 2.45) is 0 Å². The van der Waals surface area contributed by atoms with Crippen LogP contribution in [0, 0.1) is 0 Å². The Labute approximate surface area is 181 Å². The number of hydrogen-bond donors (Lipinski definition) is 0. The number of methoxy groups -OCH3 is 2. The summed E-state index contributed by atoms with van der Waals surface area (Å²) in [6.45, 7) is 4.04. The van der Waals surface area contributed by atoms with Gasteiger partial charge in [0.15, 0.2) is 11.5 Å². The molecule has 7 nitrogen and oxygen atoms in total. The summed E-state index contributed by atoms with van der Waals surface area (Å²) >= 11 is 0. The van der Waals surface area contributed by atoms with E-state index in [9.17, 15) is 4.79 Å². The van der Waals surface area contributed by atoms with Crippen LogP contribution in [0.1, 0.15) is 11.4 Å². The van der Waals surface area contributed by atoms with E-state index in [1.807, 2.05) is 42.5 Å². The van der Waals surface area contributed by atoms with Crippen LogP contribution < -0.4 is 15.0 Å². The van der Waals surface area contributed by atoms with Gasteiger partial charge in [-0.05, 0) is 11.6 Å². The molecule has 1 fully saturated rings. The number of benzene rings is 2. The van der Waals surface area contributed by atoms with E-state index in [2.05, 4.69) is 4.90 Å². The van der Waals surface area contributed by atoms with Gasteiger partial charge >= 0.3 is 0 Å². The van der Waals surface area contributed by atoms with Crippen LogP contribution in [0.2, 0.25) is 0 Å². The molecule has 0 amide bonds. The van der Waals surface area contributed by atoms with Crippen molar-refractivity contribution in [3.8, 4) is 11.5 Å². The molecule has 7 heteroatoms. The second-order valence-corrected chi connectivity index (χ2v) is 7.37. The lowest BCUT2D eigenvalue weighted by Crippen LogP contribution is -2.38. The Hall–Kier alpha value is -3.16. The monoisotopic (exact) mass is 421 g/mol. The van der Waals surface area contributed by atoms with Crippen molar-refractivity contribution in [3.63, 3.8) is 0 Å². The predicted molar refractivity (Wildman–Crippen MR) is 121 cm³/mol. The number of rotatable bonds is 7. The maximum absolute atomic E-state index is 13.5.